The molecule has 1 aromatic rings. The molecule has 3 N–H and O–H groups in total. The Morgan fingerprint density at radius 3 is 3.06 bits per heavy atom. The van der Waals surface area contributed by atoms with E-state index >= 15 is 0 Å². The van der Waals surface area contributed by atoms with E-state index in [-0.39, 0.29) is 6.04 Å². The molecule has 2 saturated heterocycles. The number of hydrogen-bond acceptors (Lipinski definition) is 4. The van der Waals surface area contributed by atoms with Gasteiger partial charge in [-0.3, -0.25) is 11.3 Å². The third-order valence-corrected chi connectivity index (χ3v) is 4.21. The maximum Gasteiger partial charge on any atom is 0.109 e. The summed E-state index contributed by atoms with van der Waals surface area (Å²) in [6.45, 7) is 0. The molecule has 94 valence electrons. The summed E-state index contributed by atoms with van der Waals surface area (Å²) in [6, 6.07) is 0.270. The van der Waals surface area contributed by atoms with Gasteiger partial charge in [0, 0.05) is 37.8 Å². The van der Waals surface area contributed by atoms with E-state index in [1.807, 2.05) is 19.4 Å². The van der Waals surface area contributed by atoms with Crippen molar-refractivity contribution in [1.29, 1.82) is 0 Å². The van der Waals surface area contributed by atoms with E-state index in [1.54, 1.807) is 0 Å². The van der Waals surface area contributed by atoms with Crippen LogP contribution in [0.3, 0.4) is 0 Å². The van der Waals surface area contributed by atoms with Crippen LogP contribution in [0.1, 0.15) is 25.1 Å². The van der Waals surface area contributed by atoms with Gasteiger partial charge in [0.1, 0.15) is 5.82 Å². The summed E-state index contributed by atoms with van der Waals surface area (Å²) < 4.78 is 7.95. The Morgan fingerprint density at radius 1 is 1.65 bits per heavy atom. The van der Waals surface area contributed by atoms with Gasteiger partial charge in [-0.1, -0.05) is 0 Å². The lowest BCUT2D eigenvalue weighted by Gasteiger charge is -2.27. The highest BCUT2D eigenvalue weighted by molar-refractivity contribution is 5.00. The fraction of sp³-hybridized carbons (Fsp3) is 0.750. The van der Waals surface area contributed by atoms with Crippen molar-refractivity contribution < 1.29 is 4.74 Å². The average molecular weight is 236 g/mol. The van der Waals surface area contributed by atoms with Gasteiger partial charge in [-0.15, -0.1) is 0 Å². The van der Waals surface area contributed by atoms with Gasteiger partial charge in [-0.25, -0.2) is 4.98 Å². The number of ether oxygens (including phenoxy) is 1. The smallest absolute Gasteiger partial charge is 0.109 e. The molecule has 2 aliphatic rings. The highest BCUT2D eigenvalue weighted by Gasteiger charge is 2.44. The molecule has 1 aromatic heterocycles. The van der Waals surface area contributed by atoms with E-state index in [1.165, 1.54) is 12.8 Å². The average Bonchev–Trinajstić information content (AvgIpc) is 3.02. The first-order chi connectivity index (χ1) is 8.28. The first kappa shape index (κ1) is 11.2. The number of imidazole rings is 1. The fourth-order valence-corrected chi connectivity index (χ4v) is 3.22. The number of nitrogens with zero attached hydrogens (tertiary/aromatic N) is 2. The van der Waals surface area contributed by atoms with Crippen LogP contribution in [0.4, 0.5) is 0 Å². The second kappa shape index (κ2) is 4.40. The van der Waals surface area contributed by atoms with Crippen molar-refractivity contribution in [1.82, 2.24) is 15.0 Å². The summed E-state index contributed by atoms with van der Waals surface area (Å²) in [7, 11) is 2.02. The number of aryl methyl sites for hydroxylation is 1. The summed E-state index contributed by atoms with van der Waals surface area (Å²) in [5.41, 5.74) is 2.96. The predicted molar refractivity (Wildman–Crippen MR) is 64.0 cm³/mol. The van der Waals surface area contributed by atoms with E-state index < -0.39 is 0 Å². The number of rotatable bonds is 4. The Hall–Kier alpha value is -0.910. The molecule has 5 heteroatoms. The van der Waals surface area contributed by atoms with Gasteiger partial charge in [-0.05, 0) is 19.3 Å². The summed E-state index contributed by atoms with van der Waals surface area (Å²) in [5, 5.41) is 0. The van der Waals surface area contributed by atoms with E-state index in [0.29, 0.717) is 18.1 Å². The number of fused-ring (bicyclic) bond motifs is 2. The van der Waals surface area contributed by atoms with Gasteiger partial charge in [0.05, 0.1) is 12.2 Å². The molecule has 3 heterocycles. The minimum absolute atomic E-state index is 0.270. The van der Waals surface area contributed by atoms with E-state index in [9.17, 15) is 0 Å². The van der Waals surface area contributed by atoms with Crippen molar-refractivity contribution in [3.05, 3.63) is 18.2 Å². The quantitative estimate of drug-likeness (QED) is 0.585. The first-order valence-electron chi connectivity index (χ1n) is 6.35. The minimum atomic E-state index is 0.270. The van der Waals surface area contributed by atoms with Crippen molar-refractivity contribution >= 4 is 0 Å². The summed E-state index contributed by atoms with van der Waals surface area (Å²) in [6.07, 6.45) is 9.11. The Balaban J connectivity index is 1.70. The number of nitrogens with one attached hydrogen (secondary N) is 1. The van der Waals surface area contributed by atoms with Crippen LogP contribution in [-0.4, -0.2) is 27.8 Å². The topological polar surface area (TPSA) is 65.1 Å². The van der Waals surface area contributed by atoms with Crippen LogP contribution >= 0.6 is 0 Å². The normalized spacial score (nSPS) is 33.2. The Labute approximate surface area is 101 Å². The third-order valence-electron chi connectivity index (χ3n) is 4.21. The maximum atomic E-state index is 5.89. The third kappa shape index (κ3) is 1.99. The lowest BCUT2D eigenvalue weighted by Crippen LogP contribution is -2.46. The molecule has 0 spiro atoms. The number of aromatic nitrogens is 2. The molecule has 2 aliphatic heterocycles. The van der Waals surface area contributed by atoms with Gasteiger partial charge < -0.3 is 9.30 Å². The molecular weight excluding hydrogens is 216 g/mol. The van der Waals surface area contributed by atoms with Crippen molar-refractivity contribution in [3.8, 4) is 0 Å². The lowest BCUT2D eigenvalue weighted by atomic mass is 9.83. The van der Waals surface area contributed by atoms with Crippen LogP contribution in [0.15, 0.2) is 12.4 Å². The zero-order valence-corrected chi connectivity index (χ0v) is 10.2. The van der Waals surface area contributed by atoms with Crippen LogP contribution in [0.25, 0.3) is 0 Å². The molecule has 0 radical (unpaired) electrons. The summed E-state index contributed by atoms with van der Waals surface area (Å²) >= 11 is 0. The highest BCUT2D eigenvalue weighted by Crippen LogP contribution is 2.40. The SMILES string of the molecule is Cn1ccnc1CC(NN)C1CC2CCC1O2. The van der Waals surface area contributed by atoms with Crippen LogP contribution < -0.4 is 11.3 Å². The number of hydrazine groups is 1. The largest absolute Gasteiger partial charge is 0.375 e. The molecule has 3 rings (SSSR count). The van der Waals surface area contributed by atoms with Gasteiger partial charge in [0.2, 0.25) is 0 Å². The second-order valence-corrected chi connectivity index (χ2v) is 5.21. The molecule has 0 aliphatic carbocycles. The summed E-state index contributed by atoms with van der Waals surface area (Å²) in [4.78, 5) is 4.36. The highest BCUT2D eigenvalue weighted by atomic mass is 16.5. The number of hydrogen-bond donors (Lipinski definition) is 2. The molecular formula is C12H20N4O. The Kier molecular flexibility index (Phi) is 2.90. The molecule has 2 fully saturated rings. The molecule has 4 atom stereocenters. The molecule has 4 unspecified atom stereocenters. The van der Waals surface area contributed by atoms with E-state index in [0.717, 1.165) is 18.7 Å². The van der Waals surface area contributed by atoms with Gasteiger partial charge in [0.15, 0.2) is 0 Å². The zero-order valence-electron chi connectivity index (χ0n) is 10.2. The standard InChI is InChI=1S/C12H20N4O/c1-16-5-4-14-12(16)7-10(15-13)9-6-8-2-3-11(9)17-8/h4-5,8-11,15H,2-3,6-7,13H2,1H3. The van der Waals surface area contributed by atoms with Crippen molar-refractivity contribution in [2.75, 3.05) is 0 Å². The second-order valence-electron chi connectivity index (χ2n) is 5.21. The first-order valence-corrected chi connectivity index (χ1v) is 6.35. The lowest BCUT2D eigenvalue weighted by molar-refractivity contribution is 0.0855. The molecule has 0 amide bonds. The Morgan fingerprint density at radius 2 is 2.53 bits per heavy atom. The zero-order chi connectivity index (χ0) is 11.8. The maximum absolute atomic E-state index is 5.89. The van der Waals surface area contributed by atoms with Gasteiger partial charge in [0.25, 0.3) is 0 Å². The predicted octanol–water partition coefficient (Wildman–Crippen LogP) is 0.362. The van der Waals surface area contributed by atoms with Crippen LogP contribution in [0.5, 0.6) is 0 Å². The monoisotopic (exact) mass is 236 g/mol. The minimum Gasteiger partial charge on any atom is -0.375 e. The Bertz CT molecular complexity index is 392. The van der Waals surface area contributed by atoms with E-state index in [2.05, 4.69) is 15.0 Å². The van der Waals surface area contributed by atoms with Crippen LogP contribution in [0.2, 0.25) is 0 Å². The molecule has 2 bridgehead atoms. The number of nitrogens with two attached hydrogens (primary N) is 1. The molecule has 5 nitrogen and oxygen atoms in total. The van der Waals surface area contributed by atoms with Crippen LogP contribution in [0, 0.1) is 5.92 Å². The molecule has 0 aromatic carbocycles. The van der Waals surface area contributed by atoms with E-state index in [4.69, 9.17) is 10.6 Å². The molecule has 17 heavy (non-hydrogen) atoms. The summed E-state index contributed by atoms with van der Waals surface area (Å²) in [5.74, 6) is 7.33. The van der Waals surface area contributed by atoms with Crippen molar-refractivity contribution in [2.24, 2.45) is 18.8 Å². The molecule has 0 saturated carbocycles. The van der Waals surface area contributed by atoms with Gasteiger partial charge in [-0.2, -0.15) is 0 Å². The van der Waals surface area contributed by atoms with Crippen LogP contribution in [-0.2, 0) is 18.2 Å². The van der Waals surface area contributed by atoms with Crippen molar-refractivity contribution in [3.63, 3.8) is 0 Å². The van der Waals surface area contributed by atoms with Crippen molar-refractivity contribution in [2.45, 2.75) is 43.9 Å². The fourth-order valence-electron chi connectivity index (χ4n) is 3.22. The van der Waals surface area contributed by atoms with Gasteiger partial charge >= 0.3 is 0 Å².